The molecule has 0 saturated carbocycles. The summed E-state index contributed by atoms with van der Waals surface area (Å²) in [4.78, 5) is 16.3. The summed E-state index contributed by atoms with van der Waals surface area (Å²) in [5.74, 6) is 0.377. The number of hydrogen-bond acceptors (Lipinski definition) is 3. The Balaban J connectivity index is 1.83. The molecule has 1 fully saturated rings. The fourth-order valence-electron chi connectivity index (χ4n) is 2.53. The molecule has 0 aliphatic carbocycles. The Hall–Kier alpha value is -1.39. The number of nitrogens with zero attached hydrogens (tertiary/aromatic N) is 2. The highest BCUT2D eigenvalue weighted by atomic mass is 16.2. The standard InChI is InChI=1S/C16H25N3O/c1-13(2)16(20)19-9-7-18(8-10-19)12-15-5-3-14(11-17)4-6-15/h3-6,13H,7-12,17H2,1-2H3. The molecular formula is C16H25N3O. The summed E-state index contributed by atoms with van der Waals surface area (Å²) in [6.45, 7) is 9.08. The van der Waals surface area contributed by atoms with Gasteiger partial charge in [0.2, 0.25) is 5.91 Å². The first-order chi connectivity index (χ1) is 9.60. The molecule has 1 aromatic rings. The molecular weight excluding hydrogens is 250 g/mol. The summed E-state index contributed by atoms with van der Waals surface area (Å²) in [6, 6.07) is 8.48. The molecule has 110 valence electrons. The molecule has 1 saturated heterocycles. The highest BCUT2D eigenvalue weighted by Gasteiger charge is 2.22. The van der Waals surface area contributed by atoms with E-state index in [4.69, 9.17) is 5.73 Å². The van der Waals surface area contributed by atoms with E-state index in [9.17, 15) is 4.79 Å². The van der Waals surface area contributed by atoms with Crippen molar-refractivity contribution >= 4 is 5.91 Å². The molecule has 4 heteroatoms. The predicted molar refractivity (Wildman–Crippen MR) is 81.0 cm³/mol. The molecule has 1 aliphatic heterocycles. The van der Waals surface area contributed by atoms with Crippen molar-refractivity contribution in [2.24, 2.45) is 11.7 Å². The van der Waals surface area contributed by atoms with E-state index in [1.165, 1.54) is 11.1 Å². The van der Waals surface area contributed by atoms with Crippen LogP contribution in [0.3, 0.4) is 0 Å². The Morgan fingerprint density at radius 1 is 1.10 bits per heavy atom. The van der Waals surface area contributed by atoms with Gasteiger partial charge in [-0.15, -0.1) is 0 Å². The molecule has 0 atom stereocenters. The lowest BCUT2D eigenvalue weighted by molar-refractivity contribution is -0.136. The minimum absolute atomic E-state index is 0.102. The maximum Gasteiger partial charge on any atom is 0.225 e. The number of benzene rings is 1. The number of carbonyl (C=O) groups excluding carboxylic acids is 1. The minimum Gasteiger partial charge on any atom is -0.340 e. The normalized spacial score (nSPS) is 16.7. The molecule has 1 amide bonds. The zero-order valence-electron chi connectivity index (χ0n) is 12.5. The van der Waals surface area contributed by atoms with E-state index in [2.05, 4.69) is 29.2 Å². The van der Waals surface area contributed by atoms with Gasteiger partial charge < -0.3 is 10.6 Å². The van der Waals surface area contributed by atoms with Crippen LogP contribution in [0.4, 0.5) is 0 Å². The molecule has 2 N–H and O–H groups in total. The third-order valence-corrected chi connectivity index (χ3v) is 3.84. The van der Waals surface area contributed by atoms with Crippen LogP contribution >= 0.6 is 0 Å². The van der Waals surface area contributed by atoms with Crippen molar-refractivity contribution in [3.05, 3.63) is 35.4 Å². The largest absolute Gasteiger partial charge is 0.340 e. The maximum atomic E-state index is 11.9. The third-order valence-electron chi connectivity index (χ3n) is 3.84. The molecule has 2 rings (SSSR count). The van der Waals surface area contributed by atoms with Crippen LogP contribution < -0.4 is 5.73 Å². The van der Waals surface area contributed by atoms with Crippen molar-refractivity contribution in [1.82, 2.24) is 9.80 Å². The average Bonchev–Trinajstić information content (AvgIpc) is 2.48. The Morgan fingerprint density at radius 3 is 2.15 bits per heavy atom. The van der Waals surface area contributed by atoms with E-state index in [0.717, 1.165) is 32.7 Å². The minimum atomic E-state index is 0.102. The molecule has 0 spiro atoms. The van der Waals surface area contributed by atoms with E-state index in [-0.39, 0.29) is 11.8 Å². The highest BCUT2D eigenvalue weighted by Crippen LogP contribution is 2.11. The molecule has 0 bridgehead atoms. The SMILES string of the molecule is CC(C)C(=O)N1CCN(Cc2ccc(CN)cc2)CC1. The number of nitrogens with two attached hydrogens (primary N) is 1. The Bertz CT molecular complexity index is 434. The van der Waals surface area contributed by atoms with Gasteiger partial charge in [-0.05, 0) is 11.1 Å². The van der Waals surface area contributed by atoms with Crippen molar-refractivity contribution in [3.63, 3.8) is 0 Å². The molecule has 1 aromatic carbocycles. The van der Waals surface area contributed by atoms with Crippen LogP contribution in [0.1, 0.15) is 25.0 Å². The van der Waals surface area contributed by atoms with Gasteiger partial charge in [-0.25, -0.2) is 0 Å². The summed E-state index contributed by atoms with van der Waals surface area (Å²) < 4.78 is 0. The van der Waals surface area contributed by atoms with Gasteiger partial charge in [-0.3, -0.25) is 9.69 Å². The topological polar surface area (TPSA) is 49.6 Å². The molecule has 1 aliphatic rings. The van der Waals surface area contributed by atoms with Gasteiger partial charge in [0.15, 0.2) is 0 Å². The lowest BCUT2D eigenvalue weighted by Crippen LogP contribution is -2.49. The van der Waals surface area contributed by atoms with E-state index in [1.807, 2.05) is 18.7 Å². The van der Waals surface area contributed by atoms with E-state index in [0.29, 0.717) is 6.54 Å². The van der Waals surface area contributed by atoms with Crippen LogP contribution in [0.15, 0.2) is 24.3 Å². The van der Waals surface area contributed by atoms with Gasteiger partial charge in [-0.2, -0.15) is 0 Å². The Morgan fingerprint density at radius 2 is 1.65 bits per heavy atom. The lowest BCUT2D eigenvalue weighted by atomic mass is 10.1. The van der Waals surface area contributed by atoms with Crippen LogP contribution in [0, 0.1) is 5.92 Å². The average molecular weight is 275 g/mol. The van der Waals surface area contributed by atoms with E-state index in [1.54, 1.807) is 0 Å². The van der Waals surface area contributed by atoms with Gasteiger partial charge in [0.1, 0.15) is 0 Å². The lowest BCUT2D eigenvalue weighted by Gasteiger charge is -2.35. The van der Waals surface area contributed by atoms with Crippen LogP contribution in [0.25, 0.3) is 0 Å². The van der Waals surface area contributed by atoms with Crippen LogP contribution in [0.5, 0.6) is 0 Å². The molecule has 1 heterocycles. The van der Waals surface area contributed by atoms with Crippen LogP contribution in [-0.2, 0) is 17.9 Å². The quantitative estimate of drug-likeness (QED) is 0.904. The smallest absolute Gasteiger partial charge is 0.225 e. The first-order valence-electron chi connectivity index (χ1n) is 7.39. The monoisotopic (exact) mass is 275 g/mol. The van der Waals surface area contributed by atoms with Gasteiger partial charge >= 0.3 is 0 Å². The fourth-order valence-corrected chi connectivity index (χ4v) is 2.53. The van der Waals surface area contributed by atoms with Gasteiger partial charge in [-0.1, -0.05) is 38.1 Å². The van der Waals surface area contributed by atoms with Crippen molar-refractivity contribution in [2.75, 3.05) is 26.2 Å². The molecule has 20 heavy (non-hydrogen) atoms. The number of piperazine rings is 1. The number of hydrogen-bond donors (Lipinski definition) is 1. The predicted octanol–water partition coefficient (Wildman–Crippen LogP) is 1.45. The first-order valence-corrected chi connectivity index (χ1v) is 7.39. The zero-order valence-corrected chi connectivity index (χ0v) is 12.5. The highest BCUT2D eigenvalue weighted by molar-refractivity contribution is 5.78. The molecule has 0 unspecified atom stereocenters. The second-order valence-electron chi connectivity index (χ2n) is 5.78. The Kier molecular flexibility index (Phi) is 5.15. The second kappa shape index (κ2) is 6.86. The number of carbonyl (C=O) groups is 1. The summed E-state index contributed by atoms with van der Waals surface area (Å²) in [5.41, 5.74) is 8.08. The summed E-state index contributed by atoms with van der Waals surface area (Å²) in [7, 11) is 0. The van der Waals surface area contributed by atoms with Crippen molar-refractivity contribution < 1.29 is 4.79 Å². The Labute approximate surface area is 121 Å². The third kappa shape index (κ3) is 3.81. The maximum absolute atomic E-state index is 11.9. The van der Waals surface area contributed by atoms with Crippen LogP contribution in [-0.4, -0.2) is 41.9 Å². The zero-order chi connectivity index (χ0) is 14.5. The van der Waals surface area contributed by atoms with E-state index >= 15 is 0 Å². The van der Waals surface area contributed by atoms with Gasteiger partial charge in [0, 0.05) is 45.2 Å². The van der Waals surface area contributed by atoms with E-state index < -0.39 is 0 Å². The summed E-state index contributed by atoms with van der Waals surface area (Å²) in [5, 5.41) is 0. The molecule has 0 aromatic heterocycles. The fraction of sp³-hybridized carbons (Fsp3) is 0.562. The molecule has 4 nitrogen and oxygen atoms in total. The van der Waals surface area contributed by atoms with Gasteiger partial charge in [0.25, 0.3) is 0 Å². The van der Waals surface area contributed by atoms with Crippen LogP contribution in [0.2, 0.25) is 0 Å². The number of amides is 1. The second-order valence-corrected chi connectivity index (χ2v) is 5.78. The van der Waals surface area contributed by atoms with Crippen molar-refractivity contribution in [1.29, 1.82) is 0 Å². The van der Waals surface area contributed by atoms with Gasteiger partial charge in [0.05, 0.1) is 0 Å². The first kappa shape index (κ1) is 15.0. The van der Waals surface area contributed by atoms with Crippen molar-refractivity contribution in [3.8, 4) is 0 Å². The summed E-state index contributed by atoms with van der Waals surface area (Å²) >= 11 is 0. The van der Waals surface area contributed by atoms with Crippen molar-refractivity contribution in [2.45, 2.75) is 26.9 Å². The molecule has 0 radical (unpaired) electrons. The summed E-state index contributed by atoms with van der Waals surface area (Å²) in [6.07, 6.45) is 0. The number of rotatable bonds is 4.